The maximum Gasteiger partial charge on any atom is 0.0950 e. The molecule has 2 rings (SSSR count). The molecular weight excluding hydrogens is 310 g/mol. The van der Waals surface area contributed by atoms with Crippen molar-refractivity contribution in [1.29, 1.82) is 0 Å². The maximum absolute atomic E-state index is 4.52. The fourth-order valence-corrected chi connectivity index (χ4v) is 3.35. The standard InChI is InChI=1S/C13H18BrN3S/c1-3-5-15-13(12-6-10(14)8-18-12)11-7-17(4-2)9-16-11/h6-9,13,15H,3-5H2,1-2H3. The van der Waals surface area contributed by atoms with E-state index in [1.54, 1.807) is 11.3 Å². The van der Waals surface area contributed by atoms with Gasteiger partial charge in [0.15, 0.2) is 0 Å². The summed E-state index contributed by atoms with van der Waals surface area (Å²) in [4.78, 5) is 5.82. The van der Waals surface area contributed by atoms with E-state index in [1.807, 2.05) is 6.33 Å². The van der Waals surface area contributed by atoms with Crippen LogP contribution in [0.15, 0.2) is 28.4 Å². The first kappa shape index (κ1) is 13.8. The average molecular weight is 328 g/mol. The number of halogens is 1. The third-order valence-electron chi connectivity index (χ3n) is 2.78. The van der Waals surface area contributed by atoms with Crippen LogP contribution in [-0.2, 0) is 6.54 Å². The predicted molar refractivity (Wildman–Crippen MR) is 80.1 cm³/mol. The third kappa shape index (κ3) is 3.22. The Morgan fingerprint density at radius 3 is 2.89 bits per heavy atom. The fraction of sp³-hybridized carbons (Fsp3) is 0.462. The Morgan fingerprint density at radius 2 is 2.33 bits per heavy atom. The van der Waals surface area contributed by atoms with Gasteiger partial charge in [-0.05, 0) is 41.9 Å². The van der Waals surface area contributed by atoms with Crippen LogP contribution in [0.1, 0.15) is 36.9 Å². The minimum absolute atomic E-state index is 0.203. The van der Waals surface area contributed by atoms with Gasteiger partial charge < -0.3 is 9.88 Å². The number of imidazole rings is 1. The monoisotopic (exact) mass is 327 g/mol. The van der Waals surface area contributed by atoms with Gasteiger partial charge in [0.05, 0.1) is 18.1 Å². The van der Waals surface area contributed by atoms with E-state index in [0.717, 1.165) is 29.7 Å². The molecule has 0 aliphatic carbocycles. The molecule has 0 bridgehead atoms. The van der Waals surface area contributed by atoms with E-state index < -0.39 is 0 Å². The zero-order valence-corrected chi connectivity index (χ0v) is 13.1. The van der Waals surface area contributed by atoms with E-state index in [4.69, 9.17) is 0 Å². The topological polar surface area (TPSA) is 29.9 Å². The lowest BCUT2D eigenvalue weighted by Crippen LogP contribution is -2.22. The van der Waals surface area contributed by atoms with Crippen molar-refractivity contribution in [3.63, 3.8) is 0 Å². The van der Waals surface area contributed by atoms with Crippen LogP contribution in [0.3, 0.4) is 0 Å². The van der Waals surface area contributed by atoms with Crippen molar-refractivity contribution < 1.29 is 0 Å². The van der Waals surface area contributed by atoms with Crippen LogP contribution in [0.5, 0.6) is 0 Å². The molecule has 0 saturated heterocycles. The van der Waals surface area contributed by atoms with Gasteiger partial charge in [-0.2, -0.15) is 0 Å². The van der Waals surface area contributed by atoms with Crippen molar-refractivity contribution in [2.24, 2.45) is 0 Å². The van der Waals surface area contributed by atoms with E-state index in [0.29, 0.717) is 0 Å². The highest BCUT2D eigenvalue weighted by molar-refractivity contribution is 9.10. The molecule has 0 saturated carbocycles. The van der Waals surface area contributed by atoms with Crippen LogP contribution < -0.4 is 5.32 Å². The normalized spacial score (nSPS) is 12.8. The van der Waals surface area contributed by atoms with Gasteiger partial charge >= 0.3 is 0 Å². The Morgan fingerprint density at radius 1 is 1.50 bits per heavy atom. The molecule has 0 fully saturated rings. The molecule has 2 heterocycles. The molecule has 98 valence electrons. The van der Waals surface area contributed by atoms with E-state index in [-0.39, 0.29) is 6.04 Å². The minimum atomic E-state index is 0.203. The number of aromatic nitrogens is 2. The van der Waals surface area contributed by atoms with E-state index in [2.05, 4.69) is 62.3 Å². The average Bonchev–Trinajstić information content (AvgIpc) is 2.99. The Bertz CT molecular complexity index is 492. The molecule has 1 atom stereocenters. The summed E-state index contributed by atoms with van der Waals surface area (Å²) in [6.45, 7) is 6.27. The Labute approximate surface area is 120 Å². The van der Waals surface area contributed by atoms with Crippen molar-refractivity contribution in [2.45, 2.75) is 32.9 Å². The summed E-state index contributed by atoms with van der Waals surface area (Å²) >= 11 is 5.28. The zero-order valence-electron chi connectivity index (χ0n) is 10.7. The highest BCUT2D eigenvalue weighted by Gasteiger charge is 2.17. The predicted octanol–water partition coefficient (Wildman–Crippen LogP) is 3.82. The van der Waals surface area contributed by atoms with Gasteiger partial charge in [0, 0.05) is 27.5 Å². The molecule has 2 aromatic heterocycles. The van der Waals surface area contributed by atoms with Gasteiger partial charge in [0.25, 0.3) is 0 Å². The molecule has 0 amide bonds. The number of nitrogens with zero attached hydrogens (tertiary/aromatic N) is 2. The van der Waals surface area contributed by atoms with E-state index in [1.165, 1.54) is 4.88 Å². The second-order valence-corrected chi connectivity index (χ2v) is 6.04. The molecular formula is C13H18BrN3S. The maximum atomic E-state index is 4.52. The van der Waals surface area contributed by atoms with Crippen LogP contribution in [-0.4, -0.2) is 16.1 Å². The molecule has 0 aliphatic heterocycles. The van der Waals surface area contributed by atoms with Crippen LogP contribution in [0, 0.1) is 0 Å². The molecule has 0 spiro atoms. The number of hydrogen-bond acceptors (Lipinski definition) is 3. The van der Waals surface area contributed by atoms with Gasteiger partial charge in [0.1, 0.15) is 0 Å². The summed E-state index contributed by atoms with van der Waals surface area (Å²) in [6.07, 6.45) is 5.15. The number of hydrogen-bond donors (Lipinski definition) is 1. The van der Waals surface area contributed by atoms with Crippen molar-refractivity contribution in [3.05, 3.63) is 39.0 Å². The smallest absolute Gasteiger partial charge is 0.0950 e. The summed E-state index contributed by atoms with van der Waals surface area (Å²) in [5, 5.41) is 5.68. The van der Waals surface area contributed by atoms with Gasteiger partial charge in [-0.1, -0.05) is 6.92 Å². The summed E-state index contributed by atoms with van der Waals surface area (Å²) in [5.41, 5.74) is 1.10. The Kier molecular flexibility index (Phi) is 4.97. The molecule has 0 aromatic carbocycles. The lowest BCUT2D eigenvalue weighted by atomic mass is 10.2. The third-order valence-corrected chi connectivity index (χ3v) is 4.54. The quantitative estimate of drug-likeness (QED) is 0.874. The fourth-order valence-electron chi connectivity index (χ4n) is 1.82. The second kappa shape index (κ2) is 6.50. The highest BCUT2D eigenvalue weighted by Crippen LogP contribution is 2.29. The SMILES string of the molecule is CCCNC(c1cn(CC)cn1)c1cc(Br)cs1. The lowest BCUT2D eigenvalue weighted by molar-refractivity contribution is 0.595. The lowest BCUT2D eigenvalue weighted by Gasteiger charge is -2.14. The molecule has 0 aliphatic rings. The zero-order chi connectivity index (χ0) is 13.0. The molecule has 1 N–H and O–H groups in total. The first-order chi connectivity index (χ1) is 8.74. The number of aryl methyl sites for hydroxylation is 1. The Hall–Kier alpha value is -0.650. The minimum Gasteiger partial charge on any atom is -0.337 e. The summed E-state index contributed by atoms with van der Waals surface area (Å²) in [5.74, 6) is 0. The molecule has 3 nitrogen and oxygen atoms in total. The van der Waals surface area contributed by atoms with Crippen LogP contribution >= 0.6 is 27.3 Å². The van der Waals surface area contributed by atoms with Crippen LogP contribution in [0.25, 0.3) is 0 Å². The van der Waals surface area contributed by atoms with Gasteiger partial charge in [-0.3, -0.25) is 0 Å². The summed E-state index contributed by atoms with van der Waals surface area (Å²) in [7, 11) is 0. The van der Waals surface area contributed by atoms with Gasteiger partial charge in [0.2, 0.25) is 0 Å². The van der Waals surface area contributed by atoms with Crippen LogP contribution in [0.4, 0.5) is 0 Å². The van der Waals surface area contributed by atoms with Gasteiger partial charge in [-0.15, -0.1) is 11.3 Å². The van der Waals surface area contributed by atoms with Crippen molar-refractivity contribution in [2.75, 3.05) is 6.54 Å². The summed E-state index contributed by atoms with van der Waals surface area (Å²) < 4.78 is 3.25. The molecule has 0 radical (unpaired) electrons. The van der Waals surface area contributed by atoms with Crippen molar-refractivity contribution in [1.82, 2.24) is 14.9 Å². The largest absolute Gasteiger partial charge is 0.337 e. The Balaban J connectivity index is 2.24. The molecule has 18 heavy (non-hydrogen) atoms. The van der Waals surface area contributed by atoms with E-state index in [9.17, 15) is 0 Å². The summed E-state index contributed by atoms with van der Waals surface area (Å²) in [6, 6.07) is 2.37. The number of thiophene rings is 1. The van der Waals surface area contributed by atoms with Crippen LogP contribution in [0.2, 0.25) is 0 Å². The van der Waals surface area contributed by atoms with Crippen molar-refractivity contribution in [3.8, 4) is 0 Å². The molecule has 2 aromatic rings. The number of rotatable bonds is 6. The molecule has 1 unspecified atom stereocenters. The van der Waals surface area contributed by atoms with Gasteiger partial charge in [-0.25, -0.2) is 4.98 Å². The number of nitrogens with one attached hydrogen (secondary N) is 1. The first-order valence-corrected chi connectivity index (χ1v) is 7.90. The highest BCUT2D eigenvalue weighted by atomic mass is 79.9. The first-order valence-electron chi connectivity index (χ1n) is 6.23. The molecule has 5 heteroatoms. The van der Waals surface area contributed by atoms with E-state index >= 15 is 0 Å². The van der Waals surface area contributed by atoms with Crippen molar-refractivity contribution >= 4 is 27.3 Å². The second-order valence-electron chi connectivity index (χ2n) is 4.18.